The number of halogens is 2. The minimum Gasteiger partial charge on any atom is -1.00 e. The molecule has 5 rings (SSSR count). The number of benzene rings is 3. The van der Waals surface area contributed by atoms with Gasteiger partial charge in [-0.15, -0.1) is 0 Å². The monoisotopic (exact) mass is 620 g/mol. The van der Waals surface area contributed by atoms with E-state index >= 15 is 0 Å². The van der Waals surface area contributed by atoms with Crippen LogP contribution in [0.3, 0.4) is 0 Å². The number of hydrogen-bond acceptors (Lipinski definition) is 0. The zero-order chi connectivity index (χ0) is 25.7. The Labute approximate surface area is 250 Å². The van der Waals surface area contributed by atoms with E-state index in [1.807, 2.05) is 0 Å². The van der Waals surface area contributed by atoms with Gasteiger partial charge in [-0.2, -0.15) is 0 Å². The summed E-state index contributed by atoms with van der Waals surface area (Å²) in [5.41, 5.74) is 10.9. The first-order chi connectivity index (χ1) is 17.0. The summed E-state index contributed by atoms with van der Waals surface area (Å²) < 4.78 is 5.24. The summed E-state index contributed by atoms with van der Waals surface area (Å²) in [5, 5.41) is 0. The van der Waals surface area contributed by atoms with Gasteiger partial charge in [0.05, 0.1) is 0 Å². The van der Waals surface area contributed by atoms with Gasteiger partial charge in [0.25, 0.3) is 0 Å². The Morgan fingerprint density at radius 2 is 1.50 bits per heavy atom. The fourth-order valence-corrected chi connectivity index (χ4v) is 14.6. The Bertz CT molecular complexity index is 1410. The van der Waals surface area contributed by atoms with Gasteiger partial charge in [0.1, 0.15) is 0 Å². The van der Waals surface area contributed by atoms with Gasteiger partial charge in [0.15, 0.2) is 0 Å². The third-order valence-corrected chi connectivity index (χ3v) is 15.5. The molecular formula is C35H40Cl2Zr. The maximum absolute atomic E-state index is 2.50. The fraction of sp³-hybridized carbons (Fsp3) is 0.343. The van der Waals surface area contributed by atoms with Crippen molar-refractivity contribution in [1.82, 2.24) is 0 Å². The predicted molar refractivity (Wildman–Crippen MR) is 154 cm³/mol. The van der Waals surface area contributed by atoms with Gasteiger partial charge < -0.3 is 24.8 Å². The Morgan fingerprint density at radius 3 is 2.11 bits per heavy atom. The number of fused-ring (bicyclic) bond motifs is 3. The number of hydrogen-bond donors (Lipinski definition) is 0. The quantitative estimate of drug-likeness (QED) is 0.328. The van der Waals surface area contributed by atoms with Crippen LogP contribution in [0.1, 0.15) is 82.7 Å². The van der Waals surface area contributed by atoms with Crippen LogP contribution in [0.15, 0.2) is 82.2 Å². The van der Waals surface area contributed by atoms with Crippen molar-refractivity contribution in [3.8, 4) is 11.1 Å². The molecule has 0 aromatic heterocycles. The molecule has 0 amide bonds. The Morgan fingerprint density at radius 1 is 0.816 bits per heavy atom. The average molecular weight is 623 g/mol. The second-order valence-corrected chi connectivity index (χ2v) is 19.5. The summed E-state index contributed by atoms with van der Waals surface area (Å²) in [5.74, 6) is 0. The van der Waals surface area contributed by atoms with Crippen molar-refractivity contribution in [3.05, 3.63) is 110 Å². The normalized spacial score (nSPS) is 14.2. The first-order valence-corrected chi connectivity index (χ1v) is 17.1. The maximum atomic E-state index is 2.50. The van der Waals surface area contributed by atoms with Gasteiger partial charge >= 0.3 is 227 Å². The molecule has 0 heterocycles. The predicted octanol–water partition coefficient (Wildman–Crippen LogP) is 2.38. The topological polar surface area (TPSA) is 0 Å². The van der Waals surface area contributed by atoms with E-state index < -0.39 is 21.3 Å². The van der Waals surface area contributed by atoms with Crippen molar-refractivity contribution in [3.63, 3.8) is 0 Å². The van der Waals surface area contributed by atoms with Crippen LogP contribution >= 0.6 is 0 Å². The van der Waals surface area contributed by atoms with Gasteiger partial charge in [-0.25, -0.2) is 0 Å². The van der Waals surface area contributed by atoms with Crippen molar-refractivity contribution >= 4 is 6.48 Å². The summed E-state index contributed by atoms with van der Waals surface area (Å²) in [6.07, 6.45) is 10.5. The number of allylic oxidation sites excluding steroid dienone is 4. The Balaban J connectivity index is 0.00000200. The zero-order valence-corrected chi connectivity index (χ0v) is 27.9. The molecule has 0 bridgehead atoms. The second-order valence-electron chi connectivity index (χ2n) is 12.7. The summed E-state index contributed by atoms with van der Waals surface area (Å²) in [4.78, 5) is 0. The van der Waals surface area contributed by atoms with Gasteiger partial charge in [-0.05, 0) is 0 Å². The Kier molecular flexibility index (Phi) is 9.73. The molecule has 3 aromatic rings. The second kappa shape index (κ2) is 11.9. The van der Waals surface area contributed by atoms with Crippen LogP contribution in [-0.4, -0.2) is 3.21 Å². The molecule has 0 atom stereocenters. The molecule has 2 aliphatic carbocycles. The molecule has 3 aromatic carbocycles. The molecule has 3 heteroatoms. The summed E-state index contributed by atoms with van der Waals surface area (Å²) in [6.45, 7) is 16.7. The zero-order valence-electron chi connectivity index (χ0n) is 23.9. The van der Waals surface area contributed by atoms with E-state index in [1.54, 1.807) is 20.9 Å². The van der Waals surface area contributed by atoms with Crippen molar-refractivity contribution in [2.75, 3.05) is 0 Å². The minimum atomic E-state index is -2.34. The molecule has 0 nitrogen and oxygen atoms in total. The standard InChI is InChI=1S/C21H25.C9H10.C5H5.2ClH.Zr/c1-20(2,3)16-7-9-18-14(12-16)11-15-13-17(21(4,5)6)8-10-19(15)18;1-2-6-9-7-4-3-5-8-9;1-2-4-5-3-1;;;/h7-10,12H,11H2,1-6H3;3-5,7-8H,6H2,1H3;1-3H,4H2;2*1H;/q;;;;;+2/p-2. The van der Waals surface area contributed by atoms with Crippen LogP contribution in [0.5, 0.6) is 0 Å². The van der Waals surface area contributed by atoms with Crippen molar-refractivity contribution < 1.29 is 46.1 Å². The summed E-state index contributed by atoms with van der Waals surface area (Å²) in [7, 11) is 0. The van der Waals surface area contributed by atoms with Crippen LogP contribution in [-0.2, 0) is 44.9 Å². The van der Waals surface area contributed by atoms with Crippen molar-refractivity contribution in [2.45, 2.75) is 78.6 Å². The first-order valence-electron chi connectivity index (χ1n) is 13.4. The molecule has 0 N–H and O–H groups in total. The van der Waals surface area contributed by atoms with E-state index in [1.165, 1.54) is 27.8 Å². The average Bonchev–Trinajstić information content (AvgIpc) is 3.46. The van der Waals surface area contributed by atoms with Crippen LogP contribution in [0, 0.1) is 0 Å². The molecule has 2 aliphatic rings. The molecule has 0 aliphatic heterocycles. The van der Waals surface area contributed by atoms with Gasteiger partial charge in [-0.1, -0.05) is 0 Å². The molecule has 0 saturated heterocycles. The van der Waals surface area contributed by atoms with Gasteiger partial charge in [0.2, 0.25) is 0 Å². The van der Waals surface area contributed by atoms with Gasteiger partial charge in [0, 0.05) is 0 Å². The molecule has 0 spiro atoms. The van der Waals surface area contributed by atoms with Crippen LogP contribution in [0.4, 0.5) is 0 Å². The van der Waals surface area contributed by atoms with Gasteiger partial charge in [-0.3, -0.25) is 0 Å². The first kappa shape index (κ1) is 31.0. The number of rotatable bonds is 4. The van der Waals surface area contributed by atoms with E-state index in [-0.39, 0.29) is 35.6 Å². The molecule has 0 unspecified atom stereocenters. The van der Waals surface area contributed by atoms with Crippen molar-refractivity contribution in [1.29, 1.82) is 0 Å². The smallest absolute Gasteiger partial charge is 1.00 e. The van der Waals surface area contributed by atoms with E-state index in [2.05, 4.69) is 127 Å². The largest absolute Gasteiger partial charge is 1.00 e. The van der Waals surface area contributed by atoms with Crippen LogP contribution < -0.4 is 28.1 Å². The van der Waals surface area contributed by atoms with Crippen LogP contribution in [0.25, 0.3) is 11.1 Å². The molecule has 38 heavy (non-hydrogen) atoms. The molecule has 0 radical (unpaired) electrons. The van der Waals surface area contributed by atoms with E-state index in [0.717, 1.165) is 19.3 Å². The van der Waals surface area contributed by atoms with E-state index in [4.69, 9.17) is 0 Å². The minimum absolute atomic E-state index is 0. The summed E-state index contributed by atoms with van der Waals surface area (Å²) >= 11 is -2.34. The third-order valence-electron chi connectivity index (χ3n) is 7.83. The van der Waals surface area contributed by atoms with Crippen molar-refractivity contribution in [2.24, 2.45) is 0 Å². The summed E-state index contributed by atoms with van der Waals surface area (Å²) in [6, 6.07) is 23.3. The SMILES string of the molecule is C/[C](Cc1ccccc1)=[Zr+2](\[C]1=CC=CC1)[c]1c(C(C)(C)C)ccc2c1Cc1cc(C(C)(C)C)ccc1-2.[Cl-].[Cl-]. The third kappa shape index (κ3) is 6.12. The Hall–Kier alpha value is -1.53. The molecule has 198 valence electrons. The molecular weight excluding hydrogens is 583 g/mol. The van der Waals surface area contributed by atoms with E-state index in [9.17, 15) is 0 Å². The molecule has 0 saturated carbocycles. The van der Waals surface area contributed by atoms with E-state index in [0.29, 0.717) is 0 Å². The fourth-order valence-electron chi connectivity index (χ4n) is 5.93. The van der Waals surface area contributed by atoms with Crippen LogP contribution in [0.2, 0.25) is 0 Å². The molecule has 0 fully saturated rings. The maximum Gasteiger partial charge on any atom is -1.00 e.